The molecule has 0 spiro atoms. The third-order valence-electron chi connectivity index (χ3n) is 6.02. The lowest BCUT2D eigenvalue weighted by molar-refractivity contribution is 0.0952. The van der Waals surface area contributed by atoms with Crippen LogP contribution in [0, 0.1) is 26.6 Å². The molecule has 5 nitrogen and oxygen atoms in total. The Morgan fingerprint density at radius 2 is 1.73 bits per heavy atom. The second kappa shape index (κ2) is 8.70. The fraction of sp³-hybridized carbons (Fsp3) is 0.259. The molecule has 2 N–H and O–H groups in total. The van der Waals surface area contributed by atoms with E-state index >= 15 is 0 Å². The molecule has 0 aliphatic rings. The quantitative estimate of drug-likeness (QED) is 0.422. The number of carbonyl (C=O) groups excluding carboxylic acids is 1. The standard InChI is InChI=1S/C27H28FN3O2/c1-15(2)31-14-17(4)25-22(11-20(12-24(25)31)19-6-8-21(28)9-7-19)26(32)29-13-23-16(3)10-18(5)30-27(23)33/h6-12,14-15H,13H2,1-5H3,(H,29,32)(H,30,33). The molecule has 0 aliphatic carbocycles. The maximum atomic E-state index is 13.5. The van der Waals surface area contributed by atoms with Gasteiger partial charge in [-0.2, -0.15) is 0 Å². The van der Waals surface area contributed by atoms with E-state index in [1.165, 1.54) is 12.1 Å². The molecule has 0 radical (unpaired) electrons. The van der Waals surface area contributed by atoms with Crippen molar-refractivity contribution in [3.05, 3.63) is 92.8 Å². The van der Waals surface area contributed by atoms with E-state index in [2.05, 4.69) is 34.9 Å². The number of carbonyl (C=O) groups is 1. The van der Waals surface area contributed by atoms with Crippen molar-refractivity contribution in [1.29, 1.82) is 0 Å². The number of nitrogens with one attached hydrogen (secondary N) is 2. The van der Waals surface area contributed by atoms with E-state index in [9.17, 15) is 14.0 Å². The minimum atomic E-state index is -0.308. The zero-order valence-electron chi connectivity index (χ0n) is 19.5. The van der Waals surface area contributed by atoms with Crippen molar-refractivity contribution in [2.75, 3.05) is 0 Å². The Hall–Kier alpha value is -3.67. The highest BCUT2D eigenvalue weighted by molar-refractivity contribution is 6.09. The van der Waals surface area contributed by atoms with Crippen LogP contribution in [-0.4, -0.2) is 15.5 Å². The van der Waals surface area contributed by atoms with Crippen LogP contribution in [-0.2, 0) is 6.54 Å². The van der Waals surface area contributed by atoms with Crippen molar-refractivity contribution in [1.82, 2.24) is 14.9 Å². The summed E-state index contributed by atoms with van der Waals surface area (Å²) >= 11 is 0. The summed E-state index contributed by atoms with van der Waals surface area (Å²) in [6.07, 6.45) is 2.05. The summed E-state index contributed by atoms with van der Waals surface area (Å²) in [6, 6.07) is 12.2. The molecule has 0 aliphatic heterocycles. The van der Waals surface area contributed by atoms with Crippen molar-refractivity contribution >= 4 is 16.8 Å². The van der Waals surface area contributed by atoms with Crippen molar-refractivity contribution in [2.45, 2.75) is 47.2 Å². The summed E-state index contributed by atoms with van der Waals surface area (Å²) in [4.78, 5) is 28.6. The number of pyridine rings is 1. The molecule has 0 unspecified atom stereocenters. The minimum absolute atomic E-state index is 0.131. The normalized spacial score (nSPS) is 11.4. The van der Waals surface area contributed by atoms with E-state index in [-0.39, 0.29) is 29.9 Å². The van der Waals surface area contributed by atoms with E-state index in [4.69, 9.17) is 0 Å². The molecular weight excluding hydrogens is 417 g/mol. The first-order chi connectivity index (χ1) is 15.7. The zero-order valence-corrected chi connectivity index (χ0v) is 19.5. The lowest BCUT2D eigenvalue weighted by Crippen LogP contribution is -2.28. The molecule has 33 heavy (non-hydrogen) atoms. The number of benzene rings is 2. The van der Waals surface area contributed by atoms with Gasteiger partial charge < -0.3 is 14.9 Å². The van der Waals surface area contributed by atoms with Gasteiger partial charge in [-0.15, -0.1) is 0 Å². The highest BCUT2D eigenvalue weighted by atomic mass is 19.1. The number of aryl methyl sites for hydroxylation is 3. The monoisotopic (exact) mass is 445 g/mol. The Bertz CT molecular complexity index is 1410. The van der Waals surface area contributed by atoms with Crippen LogP contribution in [0.15, 0.2) is 53.5 Å². The predicted molar refractivity (Wildman–Crippen MR) is 130 cm³/mol. The molecule has 0 atom stereocenters. The molecule has 1 amide bonds. The van der Waals surface area contributed by atoms with Gasteiger partial charge in [0.25, 0.3) is 11.5 Å². The summed E-state index contributed by atoms with van der Waals surface area (Å²) in [5.41, 5.74) is 6.10. The van der Waals surface area contributed by atoms with Crippen LogP contribution in [0.1, 0.15) is 52.6 Å². The summed E-state index contributed by atoms with van der Waals surface area (Å²) in [6.45, 7) is 10.0. The van der Waals surface area contributed by atoms with Crippen molar-refractivity contribution < 1.29 is 9.18 Å². The third-order valence-corrected chi connectivity index (χ3v) is 6.02. The highest BCUT2D eigenvalue weighted by Crippen LogP contribution is 2.33. The average Bonchev–Trinajstić information content (AvgIpc) is 3.09. The number of nitrogens with zero attached hydrogens (tertiary/aromatic N) is 1. The number of amides is 1. The van der Waals surface area contributed by atoms with Gasteiger partial charge in [0, 0.05) is 46.5 Å². The summed E-state index contributed by atoms with van der Waals surface area (Å²) < 4.78 is 15.6. The fourth-order valence-electron chi connectivity index (χ4n) is 4.37. The molecule has 2 aromatic heterocycles. The number of aromatic nitrogens is 2. The Labute approximate surface area is 192 Å². The number of halogens is 1. The van der Waals surface area contributed by atoms with Crippen LogP contribution in [0.3, 0.4) is 0 Å². The number of fused-ring (bicyclic) bond motifs is 1. The first-order valence-electron chi connectivity index (χ1n) is 11.0. The van der Waals surface area contributed by atoms with Crippen molar-refractivity contribution in [3.8, 4) is 11.1 Å². The van der Waals surface area contributed by atoms with Gasteiger partial charge in [-0.05, 0) is 87.2 Å². The van der Waals surface area contributed by atoms with Crippen LogP contribution in [0.2, 0.25) is 0 Å². The largest absolute Gasteiger partial charge is 0.348 e. The molecule has 0 fully saturated rings. The van der Waals surface area contributed by atoms with E-state index in [1.807, 2.05) is 39.0 Å². The highest BCUT2D eigenvalue weighted by Gasteiger charge is 2.19. The van der Waals surface area contributed by atoms with Crippen LogP contribution < -0.4 is 10.9 Å². The lowest BCUT2D eigenvalue weighted by Gasteiger charge is -2.14. The second-order valence-corrected chi connectivity index (χ2v) is 8.86. The second-order valence-electron chi connectivity index (χ2n) is 8.86. The van der Waals surface area contributed by atoms with E-state index in [1.54, 1.807) is 12.1 Å². The fourth-order valence-corrected chi connectivity index (χ4v) is 4.37. The van der Waals surface area contributed by atoms with Gasteiger partial charge in [0.2, 0.25) is 0 Å². The maximum Gasteiger partial charge on any atom is 0.253 e. The van der Waals surface area contributed by atoms with Gasteiger partial charge in [-0.1, -0.05) is 12.1 Å². The Kier molecular flexibility index (Phi) is 5.93. The first kappa shape index (κ1) is 22.5. The van der Waals surface area contributed by atoms with Crippen molar-refractivity contribution in [2.24, 2.45) is 0 Å². The molecular formula is C27H28FN3O2. The average molecular weight is 446 g/mol. The molecule has 170 valence electrons. The van der Waals surface area contributed by atoms with Gasteiger partial charge in [0.1, 0.15) is 5.82 Å². The Morgan fingerprint density at radius 1 is 1.03 bits per heavy atom. The number of rotatable bonds is 5. The third kappa shape index (κ3) is 4.33. The summed E-state index contributed by atoms with van der Waals surface area (Å²) in [5.74, 6) is -0.564. The van der Waals surface area contributed by atoms with Gasteiger partial charge in [-0.25, -0.2) is 4.39 Å². The number of hydrogen-bond acceptors (Lipinski definition) is 2. The molecule has 0 saturated carbocycles. The van der Waals surface area contributed by atoms with E-state index in [0.29, 0.717) is 11.1 Å². The number of H-pyrrole nitrogens is 1. The number of hydrogen-bond donors (Lipinski definition) is 2. The topological polar surface area (TPSA) is 66.9 Å². The van der Waals surface area contributed by atoms with Crippen LogP contribution in [0.25, 0.3) is 22.0 Å². The minimum Gasteiger partial charge on any atom is -0.348 e. The molecule has 4 rings (SSSR count). The summed E-state index contributed by atoms with van der Waals surface area (Å²) in [5, 5.41) is 3.81. The van der Waals surface area contributed by atoms with Gasteiger partial charge in [0.05, 0.1) is 0 Å². The Morgan fingerprint density at radius 3 is 2.36 bits per heavy atom. The molecule has 0 bridgehead atoms. The number of aromatic amines is 1. The lowest BCUT2D eigenvalue weighted by atomic mass is 9.98. The van der Waals surface area contributed by atoms with Crippen molar-refractivity contribution in [3.63, 3.8) is 0 Å². The molecule has 4 aromatic rings. The van der Waals surface area contributed by atoms with Crippen LogP contribution in [0.4, 0.5) is 4.39 Å². The predicted octanol–water partition coefficient (Wildman–Crippen LogP) is 5.57. The Balaban J connectivity index is 1.80. The van der Waals surface area contributed by atoms with E-state index < -0.39 is 0 Å². The SMILES string of the molecule is Cc1cc(C)c(CNC(=O)c2cc(-c3ccc(F)cc3)cc3c2c(C)cn3C(C)C)c(=O)[nH]1. The van der Waals surface area contributed by atoms with Gasteiger partial charge >= 0.3 is 0 Å². The smallest absolute Gasteiger partial charge is 0.253 e. The molecule has 2 heterocycles. The van der Waals surface area contributed by atoms with Gasteiger partial charge in [0.15, 0.2) is 0 Å². The van der Waals surface area contributed by atoms with Gasteiger partial charge in [-0.3, -0.25) is 9.59 Å². The van der Waals surface area contributed by atoms with Crippen LogP contribution in [0.5, 0.6) is 0 Å². The maximum absolute atomic E-state index is 13.5. The van der Waals surface area contributed by atoms with Crippen LogP contribution >= 0.6 is 0 Å². The van der Waals surface area contributed by atoms with E-state index in [0.717, 1.165) is 38.9 Å². The zero-order chi connectivity index (χ0) is 23.9. The molecule has 2 aromatic carbocycles. The summed E-state index contributed by atoms with van der Waals surface area (Å²) in [7, 11) is 0. The first-order valence-corrected chi connectivity index (χ1v) is 11.0. The molecule has 0 saturated heterocycles. The molecule has 6 heteroatoms.